The topological polar surface area (TPSA) is 96.2 Å². The molecule has 0 spiro atoms. The van der Waals surface area contributed by atoms with Crippen LogP contribution in [0.25, 0.3) is 0 Å². The quantitative estimate of drug-likeness (QED) is 0.136. The van der Waals surface area contributed by atoms with Gasteiger partial charge in [-0.25, -0.2) is 0 Å². The Morgan fingerprint density at radius 2 is 0.460 bits per heavy atom. The number of alkyl halides is 8. The normalized spacial score (nSPS) is 60.1. The van der Waals surface area contributed by atoms with E-state index in [2.05, 4.69) is 42.5 Å². The van der Waals surface area contributed by atoms with Crippen LogP contribution >= 0.6 is 103 Å². The molecule has 0 aromatic heterocycles. The fraction of sp³-hybridized carbons (Fsp3) is 1.00. The number of hydrogen-bond donors (Lipinski definition) is 8. The molecule has 0 aromatic carbocycles. The molecule has 0 aromatic rings. The van der Waals surface area contributed by atoms with E-state index in [1.807, 2.05) is 0 Å². The molecular weight excluding hydrogens is 842 g/mol. The molecule has 24 atom stereocenters. The van der Waals surface area contributed by atoms with Crippen LogP contribution in [0.1, 0.15) is 51.4 Å². The Labute approximate surface area is 349 Å². The monoisotopic (exact) mass is 888 g/mol. The first-order valence-corrected chi connectivity index (χ1v) is 25.2. The molecule has 8 nitrogen and oxygen atoms in total. The maximum absolute atomic E-state index is 7.24. The van der Waals surface area contributed by atoms with Crippen LogP contribution in [-0.4, -0.2) is 108 Å². The first-order chi connectivity index (χ1) is 24.1. The van der Waals surface area contributed by atoms with Gasteiger partial charge in [-0.2, -0.15) is 0 Å². The van der Waals surface area contributed by atoms with E-state index in [4.69, 9.17) is 103 Å². The van der Waals surface area contributed by atoms with Gasteiger partial charge in [-0.3, -0.25) is 52.6 Å². The standard InChI is InChI=1S/C32H48Cl8N8.Al.ClH.2H/c33-17-13-15(19(35)23(39)21(17)37)31-46-29(13)44-27-11-7-3-1-5-9(11)25(42-27)41-26-10-6-2-4-8-12(10)28(43-26)45-30-14-16(32(47-30)48-31)20(36)24(40)22(38)18(14)34;;;;/h9-32,41-48H,1-8H2;;1H;;/q;+1;;;/p-1. The van der Waals surface area contributed by atoms with Crippen molar-refractivity contribution in [3.63, 3.8) is 0 Å². The fourth-order valence-corrected chi connectivity index (χ4v) is 15.3. The zero-order chi connectivity index (χ0) is 35.2. The lowest BCUT2D eigenvalue weighted by molar-refractivity contribution is 0.172. The fourth-order valence-electron chi connectivity index (χ4n) is 11.9. The lowest BCUT2D eigenvalue weighted by Gasteiger charge is -2.45. The number of halogens is 9. The molecule has 284 valence electrons. The number of nitrogens with one attached hydrogen (secondary N) is 8. The molecule has 4 aliphatic carbocycles. The van der Waals surface area contributed by atoms with E-state index in [1.54, 1.807) is 0 Å². The highest BCUT2D eigenvalue weighted by atomic mass is 35.6. The third-order valence-corrected chi connectivity index (χ3v) is 19.3. The van der Waals surface area contributed by atoms with Crippen molar-refractivity contribution >= 4 is 118 Å². The highest BCUT2D eigenvalue weighted by Gasteiger charge is 2.63. The van der Waals surface area contributed by atoms with E-state index in [0.717, 1.165) is 15.4 Å². The van der Waals surface area contributed by atoms with Gasteiger partial charge >= 0.3 is 15.4 Å². The van der Waals surface area contributed by atoms with Crippen molar-refractivity contribution in [2.75, 3.05) is 0 Å². The molecule has 5 saturated heterocycles. The molecule has 4 saturated carbocycles. The maximum Gasteiger partial charge on any atom is 0.353 e. The molecule has 50 heavy (non-hydrogen) atoms. The lowest BCUT2D eigenvalue weighted by Crippen LogP contribution is -2.62. The first kappa shape index (κ1) is 39.6. The Balaban J connectivity index is 0.00000177. The van der Waals surface area contributed by atoms with Gasteiger partial charge in [-0.1, -0.05) is 25.7 Å². The van der Waals surface area contributed by atoms with E-state index >= 15 is 0 Å². The van der Waals surface area contributed by atoms with Crippen molar-refractivity contribution in [3.8, 4) is 0 Å². The van der Waals surface area contributed by atoms with Crippen molar-refractivity contribution in [2.24, 2.45) is 47.3 Å². The number of hydrogen-bond acceptors (Lipinski definition) is 8. The van der Waals surface area contributed by atoms with E-state index in [1.165, 1.54) is 51.4 Å². The summed E-state index contributed by atoms with van der Waals surface area (Å²) in [6.07, 6.45) is 9.82. The molecule has 9 fully saturated rings. The Morgan fingerprint density at radius 1 is 0.280 bits per heavy atom. The maximum atomic E-state index is 7.24. The van der Waals surface area contributed by atoms with Gasteiger partial charge in [0.05, 0.1) is 92.3 Å². The van der Waals surface area contributed by atoms with Gasteiger partial charge in [0.15, 0.2) is 0 Å². The SMILES string of the molecule is ClC1C(Cl)C(Cl)C2C3NC(NC4NC(NC5NC(NC6NC(N3)C3C(Cl)C(Cl)C(Cl)C(Cl)C63)C3CCCCC53)C3CCCCC43)C2C1Cl.[AlH2][Cl]. The zero-order valence-corrected chi connectivity index (χ0v) is 36.7. The number of fused-ring (bicyclic) bond motifs is 20. The molecular formula is C32H50AlCl9N8. The summed E-state index contributed by atoms with van der Waals surface area (Å²) in [4.78, 5) is 0. The molecule has 9 rings (SSSR count). The predicted molar refractivity (Wildman–Crippen MR) is 212 cm³/mol. The molecule has 0 radical (unpaired) electrons. The van der Waals surface area contributed by atoms with E-state index in [9.17, 15) is 0 Å². The molecule has 5 aliphatic heterocycles. The second-order valence-corrected chi connectivity index (χ2v) is 20.3. The minimum atomic E-state index is -0.479. The largest absolute Gasteiger partial charge is 0.353 e. The van der Waals surface area contributed by atoms with Gasteiger partial charge in [0.1, 0.15) is 0 Å². The minimum Gasteiger partial charge on any atom is -0.286 e. The summed E-state index contributed by atoms with van der Waals surface area (Å²) in [5, 5.41) is 28.7. The third kappa shape index (κ3) is 6.74. The van der Waals surface area contributed by atoms with E-state index in [-0.39, 0.29) is 83.8 Å². The molecule has 5 heterocycles. The van der Waals surface area contributed by atoms with Crippen molar-refractivity contribution in [1.29, 1.82) is 0 Å². The Bertz CT molecular complexity index is 1120. The Hall–Kier alpha value is 2.82. The van der Waals surface area contributed by atoms with Crippen LogP contribution in [0.4, 0.5) is 0 Å². The summed E-state index contributed by atoms with van der Waals surface area (Å²) in [6.45, 7) is 0. The Kier molecular flexibility index (Phi) is 12.9. The average molecular weight is 893 g/mol. The van der Waals surface area contributed by atoms with Crippen molar-refractivity contribution < 1.29 is 0 Å². The average Bonchev–Trinajstić information content (AvgIpc) is 3.87. The van der Waals surface area contributed by atoms with Crippen molar-refractivity contribution in [2.45, 2.75) is 144 Å². The van der Waals surface area contributed by atoms with Crippen LogP contribution in [0.2, 0.25) is 0 Å². The van der Waals surface area contributed by atoms with Crippen LogP contribution in [0, 0.1) is 47.3 Å². The van der Waals surface area contributed by atoms with Crippen LogP contribution < -0.4 is 42.5 Å². The van der Waals surface area contributed by atoms with Crippen LogP contribution in [0.3, 0.4) is 0 Å². The number of rotatable bonds is 0. The van der Waals surface area contributed by atoms with Gasteiger partial charge < -0.3 is 0 Å². The first-order valence-electron chi connectivity index (χ1n) is 18.7. The summed E-state index contributed by atoms with van der Waals surface area (Å²) in [5.41, 5.74) is 0. The summed E-state index contributed by atoms with van der Waals surface area (Å²) < 4.78 is 0. The van der Waals surface area contributed by atoms with Gasteiger partial charge in [0.25, 0.3) is 0 Å². The minimum absolute atomic E-state index is 0.0607. The second-order valence-electron chi connectivity index (χ2n) is 16.2. The molecule has 8 bridgehead atoms. The molecule has 24 unspecified atom stereocenters. The molecule has 0 amide bonds. The summed E-state index contributed by atoms with van der Waals surface area (Å²) in [5.74, 6) is 1.80. The summed E-state index contributed by atoms with van der Waals surface area (Å²) in [7, 11) is 4.78. The third-order valence-electron chi connectivity index (χ3n) is 14.1. The van der Waals surface area contributed by atoms with E-state index in [0.29, 0.717) is 23.7 Å². The smallest absolute Gasteiger partial charge is 0.286 e. The van der Waals surface area contributed by atoms with Gasteiger partial charge in [-0.05, 0) is 49.4 Å². The van der Waals surface area contributed by atoms with Crippen molar-refractivity contribution in [3.05, 3.63) is 0 Å². The lowest BCUT2D eigenvalue weighted by atomic mass is 9.75. The summed E-state index contributed by atoms with van der Waals surface area (Å²) >= 11 is 57.4. The van der Waals surface area contributed by atoms with E-state index < -0.39 is 32.3 Å². The van der Waals surface area contributed by atoms with Crippen LogP contribution in [0.15, 0.2) is 0 Å². The van der Waals surface area contributed by atoms with Gasteiger partial charge in [0.2, 0.25) is 0 Å². The Morgan fingerprint density at radius 3 is 0.680 bits per heavy atom. The van der Waals surface area contributed by atoms with Crippen LogP contribution in [-0.2, 0) is 0 Å². The second kappa shape index (κ2) is 16.2. The highest BCUT2D eigenvalue weighted by molar-refractivity contribution is 6.80. The predicted octanol–water partition coefficient (Wildman–Crippen LogP) is 4.12. The van der Waals surface area contributed by atoms with Crippen molar-refractivity contribution in [1.82, 2.24) is 42.5 Å². The molecule has 9 aliphatic rings. The molecule has 18 heteroatoms. The zero-order valence-electron chi connectivity index (χ0n) is 27.9. The van der Waals surface area contributed by atoms with Crippen LogP contribution in [0.5, 0.6) is 0 Å². The molecule has 8 N–H and O–H groups in total. The van der Waals surface area contributed by atoms with Gasteiger partial charge in [-0.15, -0.1) is 92.8 Å². The highest BCUT2D eigenvalue weighted by Crippen LogP contribution is 2.51. The van der Waals surface area contributed by atoms with Gasteiger partial charge in [0, 0.05) is 23.7 Å². The summed E-state index contributed by atoms with van der Waals surface area (Å²) in [6, 6.07) is 0.